The molecule has 0 unspecified atom stereocenters. The van der Waals surface area contributed by atoms with Crippen molar-refractivity contribution in [2.75, 3.05) is 5.73 Å². The van der Waals surface area contributed by atoms with Crippen molar-refractivity contribution in [1.82, 2.24) is 0 Å². The van der Waals surface area contributed by atoms with Crippen LogP contribution in [-0.4, -0.2) is 14.1 Å². The summed E-state index contributed by atoms with van der Waals surface area (Å²) in [6.45, 7) is 4.00. The third-order valence-electron chi connectivity index (χ3n) is 1.27. The summed E-state index contributed by atoms with van der Waals surface area (Å²) >= 11 is 0. The molecule has 0 aliphatic carbocycles. The fourth-order valence-corrected chi connectivity index (χ4v) is 0.718. The van der Waals surface area contributed by atoms with Gasteiger partial charge in [-0.05, 0) is 6.07 Å². The van der Waals surface area contributed by atoms with Gasteiger partial charge < -0.3 is 11.1 Å². The standard InChI is InChI=1S/C7H7BN2.C2H6/c8-6-1-2-7(10)5(3-6)4-9;1-2/h1-4,9H,10H2;1-2H3. The highest BCUT2D eigenvalue weighted by atomic mass is 14.6. The van der Waals surface area contributed by atoms with E-state index in [0.717, 1.165) is 0 Å². The Kier molecular flexibility index (Phi) is 4.85. The molecule has 1 aromatic rings. The molecule has 3 N–H and O–H groups in total. The maximum absolute atomic E-state index is 6.92. The van der Waals surface area contributed by atoms with Crippen molar-refractivity contribution in [3.63, 3.8) is 0 Å². The maximum Gasteiger partial charge on any atom is 0.113 e. The molecule has 0 aliphatic heterocycles. The van der Waals surface area contributed by atoms with Crippen LogP contribution in [0, 0.1) is 5.41 Å². The molecule has 1 aromatic carbocycles. The Hall–Kier alpha value is -1.25. The van der Waals surface area contributed by atoms with Crippen LogP contribution in [0.2, 0.25) is 0 Å². The Balaban J connectivity index is 0.000000561. The Morgan fingerprint density at radius 1 is 1.42 bits per heavy atom. The lowest BCUT2D eigenvalue weighted by molar-refractivity contribution is 1.50. The summed E-state index contributed by atoms with van der Waals surface area (Å²) in [6.07, 6.45) is 1.19. The van der Waals surface area contributed by atoms with Gasteiger partial charge in [-0.1, -0.05) is 31.4 Å². The minimum Gasteiger partial charge on any atom is -0.398 e. The van der Waals surface area contributed by atoms with Gasteiger partial charge in [0.1, 0.15) is 7.85 Å². The van der Waals surface area contributed by atoms with Crippen LogP contribution in [0.1, 0.15) is 19.4 Å². The smallest absolute Gasteiger partial charge is 0.113 e. The second kappa shape index (κ2) is 5.41. The Morgan fingerprint density at radius 2 is 2.00 bits per heavy atom. The third-order valence-corrected chi connectivity index (χ3v) is 1.27. The minimum absolute atomic E-state index is 0.587. The highest BCUT2D eigenvalue weighted by Gasteiger charge is 1.92. The lowest BCUT2D eigenvalue weighted by Crippen LogP contribution is -2.04. The Bertz CT molecular complexity index is 259. The van der Waals surface area contributed by atoms with Crippen molar-refractivity contribution in [3.8, 4) is 0 Å². The van der Waals surface area contributed by atoms with E-state index in [9.17, 15) is 0 Å². The molecule has 0 atom stereocenters. The normalized spacial score (nSPS) is 8.17. The van der Waals surface area contributed by atoms with Gasteiger partial charge in [0.2, 0.25) is 0 Å². The second-order valence-electron chi connectivity index (χ2n) is 2.03. The SMILES string of the molecule is CC.[B]c1ccc(N)c(C=N)c1. The number of anilines is 1. The molecule has 0 fully saturated rings. The van der Waals surface area contributed by atoms with Gasteiger partial charge in [-0.3, -0.25) is 0 Å². The van der Waals surface area contributed by atoms with Crippen LogP contribution in [0.4, 0.5) is 5.69 Å². The number of rotatable bonds is 1. The molecule has 62 valence electrons. The fraction of sp³-hybridized carbons (Fsp3) is 0.222. The zero-order chi connectivity index (χ0) is 9.56. The number of nitrogen functional groups attached to an aromatic ring is 1. The molecule has 1 rings (SSSR count). The lowest BCUT2D eigenvalue weighted by Gasteiger charge is -1.99. The molecule has 2 radical (unpaired) electrons. The van der Waals surface area contributed by atoms with E-state index < -0.39 is 0 Å². The van der Waals surface area contributed by atoms with Gasteiger partial charge >= 0.3 is 0 Å². The number of nitrogens with one attached hydrogen (secondary N) is 1. The van der Waals surface area contributed by atoms with Crippen molar-refractivity contribution in [1.29, 1.82) is 5.41 Å². The van der Waals surface area contributed by atoms with Crippen molar-refractivity contribution in [2.24, 2.45) is 0 Å². The van der Waals surface area contributed by atoms with E-state index in [1.165, 1.54) is 6.21 Å². The van der Waals surface area contributed by atoms with Gasteiger partial charge in [-0.15, -0.1) is 0 Å². The van der Waals surface area contributed by atoms with Gasteiger partial charge in [-0.25, -0.2) is 0 Å². The first-order valence-electron chi connectivity index (χ1n) is 3.89. The van der Waals surface area contributed by atoms with Gasteiger partial charge in [-0.2, -0.15) is 0 Å². The molecule has 3 heteroatoms. The summed E-state index contributed by atoms with van der Waals surface area (Å²) in [5.41, 5.74) is 7.38. The molecular weight excluding hydrogens is 147 g/mol. The molecule has 0 bridgehead atoms. The molecule has 0 saturated carbocycles. The molecule has 0 amide bonds. The Morgan fingerprint density at radius 3 is 2.42 bits per heavy atom. The van der Waals surface area contributed by atoms with Gasteiger partial charge in [0.05, 0.1) is 0 Å². The highest BCUT2D eigenvalue weighted by Crippen LogP contribution is 2.04. The largest absolute Gasteiger partial charge is 0.398 e. The predicted octanol–water partition coefficient (Wildman–Crippen LogP) is 1.09. The van der Waals surface area contributed by atoms with Crippen LogP contribution in [0.3, 0.4) is 0 Å². The Labute approximate surface area is 74.7 Å². The molecule has 0 aliphatic rings. The number of benzene rings is 1. The fourth-order valence-electron chi connectivity index (χ4n) is 0.718. The average molecular weight is 160 g/mol. The van der Waals surface area contributed by atoms with Crippen molar-refractivity contribution < 1.29 is 0 Å². The zero-order valence-electron chi connectivity index (χ0n) is 7.46. The molecule has 0 saturated heterocycles. The maximum atomic E-state index is 6.92. The second-order valence-corrected chi connectivity index (χ2v) is 2.03. The average Bonchev–Trinajstić information content (AvgIpc) is 2.13. The number of hydrogen-bond acceptors (Lipinski definition) is 2. The molecular formula is C9H13BN2. The van der Waals surface area contributed by atoms with Gasteiger partial charge in [0.25, 0.3) is 0 Å². The molecule has 0 aromatic heterocycles. The summed E-state index contributed by atoms with van der Waals surface area (Å²) in [6, 6.07) is 5.07. The first-order chi connectivity index (χ1) is 5.74. The van der Waals surface area contributed by atoms with Crippen LogP contribution in [-0.2, 0) is 0 Å². The predicted molar refractivity (Wildman–Crippen MR) is 55.5 cm³/mol. The van der Waals surface area contributed by atoms with E-state index >= 15 is 0 Å². The van der Waals surface area contributed by atoms with Crippen molar-refractivity contribution >= 4 is 25.2 Å². The summed E-state index contributed by atoms with van der Waals surface area (Å²) in [4.78, 5) is 0. The van der Waals surface area contributed by atoms with Crippen LogP contribution in [0.25, 0.3) is 0 Å². The van der Waals surface area contributed by atoms with E-state index in [1.54, 1.807) is 18.2 Å². The van der Waals surface area contributed by atoms with E-state index in [0.29, 0.717) is 16.7 Å². The lowest BCUT2D eigenvalue weighted by atomic mass is 9.94. The first kappa shape index (κ1) is 10.8. The van der Waals surface area contributed by atoms with Gasteiger partial charge in [0.15, 0.2) is 0 Å². The van der Waals surface area contributed by atoms with Gasteiger partial charge in [0, 0.05) is 17.5 Å². The molecule has 0 heterocycles. The summed E-state index contributed by atoms with van der Waals surface area (Å²) in [5, 5.41) is 6.92. The van der Waals surface area contributed by atoms with E-state index in [1.807, 2.05) is 13.8 Å². The van der Waals surface area contributed by atoms with Crippen molar-refractivity contribution in [3.05, 3.63) is 23.8 Å². The molecule has 0 spiro atoms. The zero-order valence-corrected chi connectivity index (χ0v) is 7.46. The van der Waals surface area contributed by atoms with E-state index in [-0.39, 0.29) is 0 Å². The molecule has 12 heavy (non-hydrogen) atoms. The van der Waals surface area contributed by atoms with E-state index in [2.05, 4.69) is 0 Å². The summed E-state index contributed by atoms with van der Waals surface area (Å²) in [5.74, 6) is 0. The monoisotopic (exact) mass is 160 g/mol. The van der Waals surface area contributed by atoms with Crippen LogP contribution < -0.4 is 11.2 Å². The van der Waals surface area contributed by atoms with E-state index in [4.69, 9.17) is 19.0 Å². The third kappa shape index (κ3) is 2.78. The van der Waals surface area contributed by atoms with Crippen LogP contribution in [0.5, 0.6) is 0 Å². The van der Waals surface area contributed by atoms with Crippen LogP contribution in [0.15, 0.2) is 18.2 Å². The number of nitrogens with two attached hydrogens (primary N) is 1. The summed E-state index contributed by atoms with van der Waals surface area (Å²) < 4.78 is 0. The topological polar surface area (TPSA) is 49.9 Å². The minimum atomic E-state index is 0.587. The molecule has 2 nitrogen and oxygen atoms in total. The van der Waals surface area contributed by atoms with Crippen molar-refractivity contribution in [2.45, 2.75) is 13.8 Å². The quantitative estimate of drug-likeness (QED) is 0.360. The van der Waals surface area contributed by atoms with Crippen LogP contribution >= 0.6 is 0 Å². The highest BCUT2D eigenvalue weighted by molar-refractivity contribution is 6.32. The first-order valence-corrected chi connectivity index (χ1v) is 3.89. The number of hydrogen-bond donors (Lipinski definition) is 2. The summed E-state index contributed by atoms with van der Waals surface area (Å²) in [7, 11) is 5.44.